The van der Waals surface area contributed by atoms with E-state index < -0.39 is 37.4 Å². The van der Waals surface area contributed by atoms with Gasteiger partial charge in [-0.15, -0.1) is 0 Å². The van der Waals surface area contributed by atoms with Gasteiger partial charge in [-0.2, -0.15) is 0 Å². The Kier molecular flexibility index (Phi) is 4.67. The summed E-state index contributed by atoms with van der Waals surface area (Å²) in [6, 6.07) is -0.652. The largest absolute Gasteiger partial charge is 0.469 e. The average molecular weight is 427 g/mol. The molecular weight excluding hydrogens is 409 g/mol. The van der Waals surface area contributed by atoms with Crippen LogP contribution in [0.1, 0.15) is 12.5 Å². The number of aromatic nitrogens is 4. The molecule has 2 aromatic rings. The molecule has 2 aliphatic rings. The summed E-state index contributed by atoms with van der Waals surface area (Å²) in [5.41, 5.74) is 5.72. The third-order valence-electron chi connectivity index (χ3n) is 5.26. The van der Waals surface area contributed by atoms with Crippen LogP contribution in [0.5, 0.6) is 0 Å². The predicted molar refractivity (Wildman–Crippen MR) is 98.9 cm³/mol. The second kappa shape index (κ2) is 6.67. The molecule has 150 valence electrons. The molecule has 11 nitrogen and oxygen atoms in total. The Bertz CT molecular complexity index is 1050. The maximum atomic E-state index is 10.9. The molecule has 1 unspecified atom stereocenters. The number of hydrogen-bond donors (Lipinski definition) is 5. The van der Waals surface area contributed by atoms with Crippen molar-refractivity contribution in [2.45, 2.75) is 29.8 Å². The number of hydrogen-bond acceptors (Lipinski definition) is 9. The summed E-state index contributed by atoms with van der Waals surface area (Å²) in [7, 11) is -4.63. The number of aliphatic hydroxyl groups is 2. The van der Waals surface area contributed by atoms with E-state index in [-0.39, 0.29) is 18.8 Å². The van der Waals surface area contributed by atoms with Crippen molar-refractivity contribution < 1.29 is 29.1 Å². The van der Waals surface area contributed by atoms with Crippen molar-refractivity contribution in [1.82, 2.24) is 19.5 Å². The predicted octanol–water partition coefficient (Wildman–Crippen LogP) is -0.474. The Hall–Kier alpha value is -1.71. The number of fused-ring (bicyclic) bond motifs is 2. The van der Waals surface area contributed by atoms with Crippen molar-refractivity contribution >= 4 is 36.6 Å². The maximum Gasteiger partial charge on any atom is 0.469 e. The van der Waals surface area contributed by atoms with Crippen molar-refractivity contribution in [2.24, 2.45) is 11.3 Å². The van der Waals surface area contributed by atoms with Gasteiger partial charge in [-0.3, -0.25) is 4.52 Å². The zero-order valence-electron chi connectivity index (χ0n) is 14.6. The fourth-order valence-electron chi connectivity index (χ4n) is 3.93. The highest BCUT2D eigenvalue weighted by atomic mass is 32.2. The van der Waals surface area contributed by atoms with Crippen molar-refractivity contribution in [3.63, 3.8) is 0 Å². The van der Waals surface area contributed by atoms with Crippen molar-refractivity contribution in [2.75, 3.05) is 18.6 Å². The van der Waals surface area contributed by atoms with E-state index in [4.69, 9.17) is 15.5 Å². The van der Waals surface area contributed by atoms with E-state index in [2.05, 4.69) is 31.3 Å². The molecule has 4 rings (SSSR count). The molecule has 28 heavy (non-hydrogen) atoms. The molecule has 0 aromatic carbocycles. The van der Waals surface area contributed by atoms with Gasteiger partial charge >= 0.3 is 7.82 Å². The fourth-order valence-corrected chi connectivity index (χ4v) is 4.63. The molecule has 0 aliphatic heterocycles. The number of phosphoric acid groups is 1. The van der Waals surface area contributed by atoms with Crippen molar-refractivity contribution in [3.05, 3.63) is 6.33 Å². The lowest BCUT2D eigenvalue weighted by molar-refractivity contribution is -0.0187. The van der Waals surface area contributed by atoms with E-state index in [0.717, 1.165) is 0 Å². The van der Waals surface area contributed by atoms with Crippen LogP contribution in [0.3, 0.4) is 0 Å². The van der Waals surface area contributed by atoms with E-state index in [1.54, 1.807) is 10.8 Å². The van der Waals surface area contributed by atoms with Gasteiger partial charge in [0, 0.05) is 0 Å². The SMILES string of the molecule is CSc1nc(N)c2ncn(C3[C@H]4C#C[C@@]4(CCOP(=O)(O)O)[C@@H](O)[C@H]3O)c2n1. The standard InChI is InChI=1S/C15H18N5O6PS/c1-28-14-18-12(16)8-13(19-14)20(6-17-8)9-7-2-3-15(7,11(22)10(9)21)4-5-26-27(23,24)25/h6-7,9-11,21-22H,4-5H2,1H3,(H2,16,18,19)(H2,23,24,25)/t7-,9?,10+,11+,15+/m1/s1. The van der Waals surface area contributed by atoms with Crippen LogP contribution in [-0.4, -0.2) is 64.6 Å². The van der Waals surface area contributed by atoms with Crippen LogP contribution >= 0.6 is 19.6 Å². The Morgan fingerprint density at radius 3 is 2.79 bits per heavy atom. The van der Waals surface area contributed by atoms with E-state index in [1.807, 2.05) is 0 Å². The first-order valence-corrected chi connectivity index (χ1v) is 11.1. The first kappa shape index (κ1) is 19.6. The minimum Gasteiger partial charge on any atom is -0.389 e. The third kappa shape index (κ3) is 2.91. The molecule has 2 aromatic heterocycles. The van der Waals surface area contributed by atoms with Crippen LogP contribution in [0.15, 0.2) is 11.5 Å². The summed E-state index contributed by atoms with van der Waals surface area (Å²) in [6.45, 7) is -0.303. The molecule has 0 bridgehead atoms. The van der Waals surface area contributed by atoms with E-state index in [9.17, 15) is 14.8 Å². The quantitative estimate of drug-likeness (QED) is 0.174. The van der Waals surface area contributed by atoms with Gasteiger partial charge in [0.15, 0.2) is 16.6 Å². The maximum absolute atomic E-state index is 10.9. The first-order chi connectivity index (χ1) is 13.2. The molecule has 5 atom stereocenters. The lowest BCUT2D eigenvalue weighted by Crippen LogP contribution is -2.42. The van der Waals surface area contributed by atoms with Crippen LogP contribution < -0.4 is 5.73 Å². The van der Waals surface area contributed by atoms with Crippen molar-refractivity contribution in [1.29, 1.82) is 0 Å². The Morgan fingerprint density at radius 2 is 2.18 bits per heavy atom. The minimum atomic E-state index is -4.63. The molecule has 0 amide bonds. The number of phosphoric ester groups is 1. The number of rotatable bonds is 6. The summed E-state index contributed by atoms with van der Waals surface area (Å²) in [5.74, 6) is 5.57. The lowest BCUT2D eigenvalue weighted by Gasteiger charge is -2.37. The molecule has 0 saturated heterocycles. The second-order valence-corrected chi connectivity index (χ2v) is 8.72. The zero-order chi connectivity index (χ0) is 20.3. The number of anilines is 1. The van der Waals surface area contributed by atoms with E-state index in [0.29, 0.717) is 16.3 Å². The molecule has 6 N–H and O–H groups in total. The van der Waals surface area contributed by atoms with Gasteiger partial charge in [-0.05, 0) is 12.7 Å². The number of imidazole rings is 1. The summed E-state index contributed by atoms with van der Waals surface area (Å²) < 4.78 is 17.1. The van der Waals surface area contributed by atoms with Crippen LogP contribution in [0.25, 0.3) is 11.2 Å². The van der Waals surface area contributed by atoms with Crippen LogP contribution in [-0.2, 0) is 9.09 Å². The molecular formula is C15H18N5O6PS. The first-order valence-electron chi connectivity index (χ1n) is 8.31. The number of nitrogen functional groups attached to an aromatic ring is 1. The topological polar surface area (TPSA) is 177 Å². The summed E-state index contributed by atoms with van der Waals surface area (Å²) >= 11 is 1.31. The number of nitrogens with zero attached hydrogens (tertiary/aromatic N) is 4. The molecule has 2 aliphatic carbocycles. The van der Waals surface area contributed by atoms with Gasteiger partial charge in [0.2, 0.25) is 0 Å². The van der Waals surface area contributed by atoms with Crippen LogP contribution in [0.4, 0.5) is 5.82 Å². The smallest absolute Gasteiger partial charge is 0.389 e. The molecule has 2 heterocycles. The molecule has 0 radical (unpaired) electrons. The van der Waals surface area contributed by atoms with Gasteiger partial charge in [0.1, 0.15) is 11.6 Å². The molecule has 0 spiro atoms. The van der Waals surface area contributed by atoms with E-state index >= 15 is 0 Å². The highest BCUT2D eigenvalue weighted by Gasteiger charge is 2.62. The van der Waals surface area contributed by atoms with Gasteiger partial charge in [-0.1, -0.05) is 23.6 Å². The Morgan fingerprint density at radius 1 is 1.43 bits per heavy atom. The van der Waals surface area contributed by atoms with E-state index in [1.165, 1.54) is 18.1 Å². The summed E-state index contributed by atoms with van der Waals surface area (Å²) in [5, 5.41) is 21.8. The highest BCUT2D eigenvalue weighted by Crippen LogP contribution is 2.56. The Balaban J connectivity index is 1.69. The lowest BCUT2D eigenvalue weighted by atomic mass is 9.68. The summed E-state index contributed by atoms with van der Waals surface area (Å²) in [6.07, 6.45) is 0.918. The third-order valence-corrected chi connectivity index (χ3v) is 6.33. The van der Waals surface area contributed by atoms with Crippen LogP contribution in [0, 0.1) is 23.2 Å². The molecule has 1 saturated carbocycles. The molecule has 13 heteroatoms. The average Bonchev–Trinajstić information content (AvgIpc) is 3.08. The number of nitrogens with two attached hydrogens (primary N) is 1. The molecule has 1 fully saturated rings. The fraction of sp³-hybridized carbons (Fsp3) is 0.533. The monoisotopic (exact) mass is 427 g/mol. The Labute approximate surface area is 163 Å². The highest BCUT2D eigenvalue weighted by molar-refractivity contribution is 7.98. The summed E-state index contributed by atoms with van der Waals surface area (Å²) in [4.78, 5) is 30.5. The zero-order valence-corrected chi connectivity index (χ0v) is 16.3. The van der Waals surface area contributed by atoms with Gasteiger partial charge in [0.05, 0.1) is 36.4 Å². The second-order valence-electron chi connectivity index (χ2n) is 6.71. The minimum absolute atomic E-state index is 0.0598. The van der Waals surface area contributed by atoms with Gasteiger partial charge in [0.25, 0.3) is 0 Å². The van der Waals surface area contributed by atoms with Gasteiger partial charge < -0.3 is 30.3 Å². The number of thioether (sulfide) groups is 1. The van der Waals surface area contributed by atoms with Gasteiger partial charge in [-0.25, -0.2) is 19.5 Å². The number of aliphatic hydroxyl groups excluding tert-OH is 2. The van der Waals surface area contributed by atoms with Crippen LogP contribution in [0.2, 0.25) is 0 Å². The normalized spacial score (nSPS) is 31.3. The van der Waals surface area contributed by atoms with Crippen molar-refractivity contribution in [3.8, 4) is 11.8 Å².